The predicted octanol–water partition coefficient (Wildman–Crippen LogP) is 1.01. The molecule has 0 atom stereocenters. The average molecular weight is 284 g/mol. The molecule has 2 N–H and O–H groups in total. The number of likely N-dealkylation sites (tertiary alicyclic amines) is 1. The second-order valence-corrected chi connectivity index (χ2v) is 5.45. The molecule has 0 aliphatic carbocycles. The van der Waals surface area contributed by atoms with Crippen LogP contribution in [0.4, 0.5) is 0 Å². The molecule has 1 saturated heterocycles. The molecule has 0 spiro atoms. The number of rotatable bonds is 6. The molecule has 1 fully saturated rings. The smallest absolute Gasteiger partial charge is 0.309 e. The van der Waals surface area contributed by atoms with Gasteiger partial charge in [-0.1, -0.05) is 13.3 Å². The van der Waals surface area contributed by atoms with Gasteiger partial charge >= 0.3 is 5.97 Å². The van der Waals surface area contributed by atoms with E-state index in [0.29, 0.717) is 38.9 Å². The summed E-state index contributed by atoms with van der Waals surface area (Å²) in [5.74, 6) is -0.914. The highest BCUT2D eigenvalue weighted by Crippen LogP contribution is 2.36. The molecule has 1 rings (SSSR count). The van der Waals surface area contributed by atoms with Crippen molar-refractivity contribution in [2.75, 3.05) is 19.6 Å². The zero-order valence-corrected chi connectivity index (χ0v) is 12.3. The number of amides is 2. The average Bonchev–Trinajstić information content (AvgIpc) is 2.39. The predicted molar refractivity (Wildman–Crippen MR) is 74.1 cm³/mol. The fourth-order valence-electron chi connectivity index (χ4n) is 2.74. The first-order valence-corrected chi connectivity index (χ1v) is 7.17. The minimum Gasteiger partial charge on any atom is -0.481 e. The molecule has 1 heterocycles. The number of nitrogens with one attached hydrogen (secondary N) is 1. The SMILES string of the molecule is CCCC1(C(=O)O)CCN(C(=O)CCNC(C)=O)CC1. The van der Waals surface area contributed by atoms with E-state index in [4.69, 9.17) is 0 Å². The molecule has 2 amide bonds. The standard InChI is InChI=1S/C14H24N2O4/c1-3-5-14(13(19)20)6-9-16(10-7-14)12(18)4-8-15-11(2)17/h3-10H2,1-2H3,(H,15,17)(H,19,20). The third-order valence-corrected chi connectivity index (χ3v) is 3.97. The van der Waals surface area contributed by atoms with Crippen molar-refractivity contribution in [3.05, 3.63) is 0 Å². The van der Waals surface area contributed by atoms with Crippen LogP contribution in [0.1, 0.15) is 46.0 Å². The zero-order chi connectivity index (χ0) is 15.2. The normalized spacial score (nSPS) is 17.6. The van der Waals surface area contributed by atoms with Gasteiger partial charge in [0.25, 0.3) is 0 Å². The molecule has 0 radical (unpaired) electrons. The topological polar surface area (TPSA) is 86.7 Å². The molecular formula is C14H24N2O4. The number of carboxylic acid groups (broad SMARTS) is 1. The number of carboxylic acids is 1. The Morgan fingerprint density at radius 2 is 1.85 bits per heavy atom. The quantitative estimate of drug-likeness (QED) is 0.762. The summed E-state index contributed by atoms with van der Waals surface area (Å²) in [7, 11) is 0. The summed E-state index contributed by atoms with van der Waals surface area (Å²) in [5.41, 5.74) is -0.664. The van der Waals surface area contributed by atoms with E-state index in [2.05, 4.69) is 5.32 Å². The van der Waals surface area contributed by atoms with Gasteiger partial charge in [0.1, 0.15) is 0 Å². The van der Waals surface area contributed by atoms with Crippen LogP contribution < -0.4 is 5.32 Å². The summed E-state index contributed by atoms with van der Waals surface area (Å²) in [4.78, 5) is 35.8. The van der Waals surface area contributed by atoms with E-state index in [-0.39, 0.29) is 18.2 Å². The van der Waals surface area contributed by atoms with Gasteiger partial charge in [0.05, 0.1) is 5.41 Å². The van der Waals surface area contributed by atoms with Gasteiger partial charge < -0.3 is 15.3 Å². The second kappa shape index (κ2) is 7.26. The van der Waals surface area contributed by atoms with E-state index in [1.54, 1.807) is 4.90 Å². The number of carbonyl (C=O) groups is 3. The van der Waals surface area contributed by atoms with E-state index in [9.17, 15) is 19.5 Å². The summed E-state index contributed by atoms with van der Waals surface area (Å²) >= 11 is 0. The van der Waals surface area contributed by atoms with Crippen LogP contribution in [0.15, 0.2) is 0 Å². The zero-order valence-electron chi connectivity index (χ0n) is 12.3. The van der Waals surface area contributed by atoms with Gasteiger partial charge in [0, 0.05) is 33.0 Å². The molecule has 0 aromatic carbocycles. The number of hydrogen-bond acceptors (Lipinski definition) is 3. The Morgan fingerprint density at radius 1 is 1.25 bits per heavy atom. The van der Waals surface area contributed by atoms with Crippen molar-refractivity contribution in [1.82, 2.24) is 10.2 Å². The van der Waals surface area contributed by atoms with Crippen LogP contribution in [0.3, 0.4) is 0 Å². The van der Waals surface area contributed by atoms with E-state index in [0.717, 1.165) is 6.42 Å². The van der Waals surface area contributed by atoms with Gasteiger partial charge in [-0.15, -0.1) is 0 Å². The molecule has 0 saturated carbocycles. The molecule has 0 aromatic heterocycles. The summed E-state index contributed by atoms with van der Waals surface area (Å²) < 4.78 is 0. The minimum absolute atomic E-state index is 0.0192. The van der Waals surface area contributed by atoms with Crippen LogP contribution in [-0.2, 0) is 14.4 Å². The first-order valence-electron chi connectivity index (χ1n) is 7.17. The molecule has 6 heteroatoms. The molecule has 1 aliphatic heterocycles. The second-order valence-electron chi connectivity index (χ2n) is 5.45. The van der Waals surface area contributed by atoms with Gasteiger partial charge in [0.2, 0.25) is 11.8 Å². The third kappa shape index (κ3) is 4.21. The van der Waals surface area contributed by atoms with Crippen molar-refractivity contribution in [2.24, 2.45) is 5.41 Å². The van der Waals surface area contributed by atoms with Gasteiger partial charge in [-0.25, -0.2) is 0 Å². The summed E-state index contributed by atoms with van der Waals surface area (Å²) in [6, 6.07) is 0. The number of hydrogen-bond donors (Lipinski definition) is 2. The first kappa shape index (κ1) is 16.5. The molecular weight excluding hydrogens is 260 g/mol. The largest absolute Gasteiger partial charge is 0.481 e. The van der Waals surface area contributed by atoms with Crippen LogP contribution in [0.2, 0.25) is 0 Å². The lowest BCUT2D eigenvalue weighted by Gasteiger charge is -2.39. The van der Waals surface area contributed by atoms with Crippen molar-refractivity contribution >= 4 is 17.8 Å². The van der Waals surface area contributed by atoms with Crippen molar-refractivity contribution in [3.63, 3.8) is 0 Å². The molecule has 0 aromatic rings. The van der Waals surface area contributed by atoms with Gasteiger partial charge in [0.15, 0.2) is 0 Å². The maximum absolute atomic E-state index is 11.9. The Morgan fingerprint density at radius 3 is 2.30 bits per heavy atom. The number of piperidine rings is 1. The Kier molecular flexibility index (Phi) is 5.98. The van der Waals surface area contributed by atoms with E-state index in [1.807, 2.05) is 6.92 Å². The highest BCUT2D eigenvalue weighted by Gasteiger charge is 2.41. The number of carbonyl (C=O) groups excluding carboxylic acids is 2. The summed E-state index contributed by atoms with van der Waals surface area (Å²) in [5, 5.41) is 12.0. The third-order valence-electron chi connectivity index (χ3n) is 3.97. The van der Waals surface area contributed by atoms with Crippen LogP contribution in [-0.4, -0.2) is 47.4 Å². The van der Waals surface area contributed by atoms with Crippen molar-refractivity contribution < 1.29 is 19.5 Å². The van der Waals surface area contributed by atoms with Gasteiger partial charge in [-0.2, -0.15) is 0 Å². The van der Waals surface area contributed by atoms with E-state index >= 15 is 0 Å². The fourth-order valence-corrected chi connectivity index (χ4v) is 2.74. The van der Waals surface area contributed by atoms with Crippen LogP contribution in [0, 0.1) is 5.41 Å². The molecule has 0 unspecified atom stereocenters. The first-order chi connectivity index (χ1) is 9.41. The Labute approximate surface area is 119 Å². The minimum atomic E-state index is -0.746. The molecule has 20 heavy (non-hydrogen) atoms. The highest BCUT2D eigenvalue weighted by atomic mass is 16.4. The molecule has 6 nitrogen and oxygen atoms in total. The lowest BCUT2D eigenvalue weighted by molar-refractivity contribution is -0.155. The molecule has 0 bridgehead atoms. The van der Waals surface area contributed by atoms with Crippen LogP contribution in [0.25, 0.3) is 0 Å². The number of aliphatic carboxylic acids is 1. The van der Waals surface area contributed by atoms with E-state index < -0.39 is 11.4 Å². The molecule has 1 aliphatic rings. The fraction of sp³-hybridized carbons (Fsp3) is 0.786. The van der Waals surface area contributed by atoms with Crippen molar-refractivity contribution in [2.45, 2.75) is 46.0 Å². The van der Waals surface area contributed by atoms with Gasteiger partial charge in [-0.05, 0) is 19.3 Å². The summed E-state index contributed by atoms with van der Waals surface area (Å²) in [6.45, 7) is 4.72. The monoisotopic (exact) mass is 284 g/mol. The Bertz CT molecular complexity index is 373. The Hall–Kier alpha value is -1.59. The summed E-state index contributed by atoms with van der Waals surface area (Å²) in [6.07, 6.45) is 2.80. The number of nitrogens with zero attached hydrogens (tertiary/aromatic N) is 1. The lowest BCUT2D eigenvalue weighted by atomic mass is 9.75. The maximum Gasteiger partial charge on any atom is 0.309 e. The highest BCUT2D eigenvalue weighted by molar-refractivity contribution is 5.79. The van der Waals surface area contributed by atoms with Crippen molar-refractivity contribution in [3.8, 4) is 0 Å². The van der Waals surface area contributed by atoms with Crippen LogP contribution in [0.5, 0.6) is 0 Å². The lowest BCUT2D eigenvalue weighted by Crippen LogP contribution is -2.47. The maximum atomic E-state index is 11.9. The Balaban J connectivity index is 2.46. The van der Waals surface area contributed by atoms with Crippen LogP contribution >= 0.6 is 0 Å². The van der Waals surface area contributed by atoms with Gasteiger partial charge in [-0.3, -0.25) is 14.4 Å². The van der Waals surface area contributed by atoms with E-state index in [1.165, 1.54) is 6.92 Å². The van der Waals surface area contributed by atoms with Crippen molar-refractivity contribution in [1.29, 1.82) is 0 Å². The molecule has 114 valence electrons.